The summed E-state index contributed by atoms with van der Waals surface area (Å²) in [5.74, 6) is -0.189. The number of para-hydroxylation sites is 1. The fourth-order valence-corrected chi connectivity index (χ4v) is 3.18. The van der Waals surface area contributed by atoms with Crippen LogP contribution in [0, 0.1) is 6.92 Å². The van der Waals surface area contributed by atoms with Crippen LogP contribution >= 0.6 is 11.8 Å². The zero-order valence-electron chi connectivity index (χ0n) is 15.6. The van der Waals surface area contributed by atoms with E-state index in [2.05, 4.69) is 36.5 Å². The average molecular weight is 371 g/mol. The van der Waals surface area contributed by atoms with Crippen LogP contribution in [0.25, 0.3) is 0 Å². The largest absolute Gasteiger partial charge is 0.336 e. The van der Waals surface area contributed by atoms with Crippen LogP contribution < -0.4 is 5.32 Å². The summed E-state index contributed by atoms with van der Waals surface area (Å²) in [4.78, 5) is 26.9. The van der Waals surface area contributed by atoms with E-state index in [0.717, 1.165) is 23.4 Å². The van der Waals surface area contributed by atoms with Crippen LogP contribution in [-0.4, -0.2) is 36.6 Å². The summed E-state index contributed by atoms with van der Waals surface area (Å²) in [7, 11) is 1.67. The Kier molecular flexibility index (Phi) is 7.73. The number of hydrogen-bond donors (Lipinski definition) is 1. The molecule has 0 saturated heterocycles. The molecule has 0 spiro atoms. The summed E-state index contributed by atoms with van der Waals surface area (Å²) in [6, 6.07) is 16.0. The van der Waals surface area contributed by atoms with Gasteiger partial charge in [0.2, 0.25) is 11.8 Å². The normalized spacial score (nSPS) is 10.4. The highest BCUT2D eigenvalue weighted by molar-refractivity contribution is 7.98. The van der Waals surface area contributed by atoms with Crippen molar-refractivity contribution >= 4 is 29.3 Å². The molecule has 2 aromatic carbocycles. The van der Waals surface area contributed by atoms with Gasteiger partial charge in [-0.2, -0.15) is 0 Å². The van der Waals surface area contributed by atoms with Crippen molar-refractivity contribution < 1.29 is 9.59 Å². The Morgan fingerprint density at radius 3 is 2.46 bits per heavy atom. The molecule has 0 heterocycles. The first kappa shape index (κ1) is 20.0. The number of nitrogens with one attached hydrogen (secondary N) is 1. The molecule has 0 aromatic heterocycles. The fraction of sp³-hybridized carbons (Fsp3) is 0.333. The van der Waals surface area contributed by atoms with Crippen molar-refractivity contribution in [3.8, 4) is 0 Å². The molecule has 0 unspecified atom stereocenters. The minimum absolute atomic E-state index is 0.00888. The molecule has 0 atom stereocenters. The van der Waals surface area contributed by atoms with Crippen LogP contribution in [0.5, 0.6) is 0 Å². The maximum absolute atomic E-state index is 12.2. The van der Waals surface area contributed by atoms with Crippen molar-refractivity contribution in [3.63, 3.8) is 0 Å². The minimum Gasteiger partial charge on any atom is -0.336 e. The van der Waals surface area contributed by atoms with Crippen molar-refractivity contribution in [1.29, 1.82) is 0 Å². The van der Waals surface area contributed by atoms with E-state index in [1.54, 1.807) is 18.8 Å². The predicted molar refractivity (Wildman–Crippen MR) is 109 cm³/mol. The van der Waals surface area contributed by atoms with Gasteiger partial charge in [0.1, 0.15) is 0 Å². The molecule has 2 aromatic rings. The van der Waals surface area contributed by atoms with Gasteiger partial charge in [0.05, 0.1) is 12.2 Å². The molecule has 1 N–H and O–H groups in total. The smallest absolute Gasteiger partial charge is 0.244 e. The van der Waals surface area contributed by atoms with Gasteiger partial charge in [-0.3, -0.25) is 9.59 Å². The summed E-state index contributed by atoms with van der Waals surface area (Å²) in [5.41, 5.74) is 3.25. The Bertz CT molecular complexity index is 744. The molecule has 2 amide bonds. The third-order valence-corrected chi connectivity index (χ3v) is 4.96. The first-order valence-corrected chi connectivity index (χ1v) is 9.94. The first-order chi connectivity index (χ1) is 12.5. The third-order valence-electron chi connectivity index (χ3n) is 4.16. The summed E-state index contributed by atoms with van der Waals surface area (Å²) < 4.78 is 0. The molecular formula is C21H26N2O2S. The highest BCUT2D eigenvalue weighted by atomic mass is 32.2. The third kappa shape index (κ3) is 6.23. The lowest BCUT2D eigenvalue weighted by Crippen LogP contribution is -2.34. The summed E-state index contributed by atoms with van der Waals surface area (Å²) in [6.07, 6.45) is 4.06. The Morgan fingerprint density at radius 1 is 1.08 bits per heavy atom. The van der Waals surface area contributed by atoms with E-state index in [4.69, 9.17) is 0 Å². The zero-order chi connectivity index (χ0) is 18.9. The van der Waals surface area contributed by atoms with Gasteiger partial charge in [-0.1, -0.05) is 42.0 Å². The topological polar surface area (TPSA) is 49.4 Å². The van der Waals surface area contributed by atoms with Crippen molar-refractivity contribution in [2.24, 2.45) is 0 Å². The second kappa shape index (κ2) is 10.0. The minimum atomic E-state index is -0.180. The van der Waals surface area contributed by atoms with Crippen LogP contribution in [0.1, 0.15) is 24.0 Å². The van der Waals surface area contributed by atoms with Crippen molar-refractivity contribution in [2.45, 2.75) is 31.1 Å². The van der Waals surface area contributed by atoms with E-state index in [1.165, 1.54) is 16.0 Å². The molecule has 0 bridgehead atoms. The number of rotatable bonds is 8. The zero-order valence-corrected chi connectivity index (χ0v) is 16.4. The van der Waals surface area contributed by atoms with Gasteiger partial charge in [0, 0.05) is 18.4 Å². The summed E-state index contributed by atoms with van der Waals surface area (Å²) in [6.45, 7) is 2.12. The van der Waals surface area contributed by atoms with Crippen molar-refractivity contribution in [2.75, 3.05) is 25.2 Å². The van der Waals surface area contributed by atoms with Crippen LogP contribution in [0.4, 0.5) is 5.69 Å². The molecule has 4 nitrogen and oxygen atoms in total. The van der Waals surface area contributed by atoms with Crippen molar-refractivity contribution in [1.82, 2.24) is 4.90 Å². The van der Waals surface area contributed by atoms with Gasteiger partial charge in [-0.25, -0.2) is 0 Å². The number of anilines is 1. The standard InChI is InChI=1S/C21H26N2O2S/c1-16-11-13-17(14-12-16)7-6-10-21(25)23(2)15-20(24)22-18-8-4-5-9-19(18)26-3/h4-5,8-9,11-14H,6-7,10,15H2,1-3H3,(H,22,24). The SMILES string of the molecule is CSc1ccccc1NC(=O)CN(C)C(=O)CCCc1ccc(C)cc1. The highest BCUT2D eigenvalue weighted by Crippen LogP contribution is 2.24. The number of benzene rings is 2. The van der Waals surface area contributed by atoms with E-state index in [9.17, 15) is 9.59 Å². The highest BCUT2D eigenvalue weighted by Gasteiger charge is 2.13. The summed E-state index contributed by atoms with van der Waals surface area (Å²) in [5, 5.41) is 2.88. The van der Waals surface area contributed by atoms with Gasteiger partial charge in [-0.05, 0) is 43.7 Å². The molecule has 0 aliphatic heterocycles. The number of amides is 2. The predicted octanol–water partition coefficient (Wildman–Crippen LogP) is 4.14. The second-order valence-electron chi connectivity index (χ2n) is 6.34. The van der Waals surface area contributed by atoms with Gasteiger partial charge in [0.25, 0.3) is 0 Å². The molecule has 0 aliphatic carbocycles. The van der Waals surface area contributed by atoms with Crippen LogP contribution in [0.2, 0.25) is 0 Å². The lowest BCUT2D eigenvalue weighted by atomic mass is 10.1. The number of aryl methyl sites for hydroxylation is 2. The Hall–Kier alpha value is -2.27. The van der Waals surface area contributed by atoms with Crippen LogP contribution in [0.15, 0.2) is 53.4 Å². The van der Waals surface area contributed by atoms with Gasteiger partial charge in [0.15, 0.2) is 0 Å². The van der Waals surface area contributed by atoms with Crippen LogP contribution in [-0.2, 0) is 16.0 Å². The summed E-state index contributed by atoms with van der Waals surface area (Å²) >= 11 is 1.58. The maximum Gasteiger partial charge on any atom is 0.244 e. The number of carbonyl (C=O) groups excluding carboxylic acids is 2. The van der Waals surface area contributed by atoms with Crippen molar-refractivity contribution in [3.05, 3.63) is 59.7 Å². The number of nitrogens with zero attached hydrogens (tertiary/aromatic N) is 1. The monoisotopic (exact) mass is 370 g/mol. The number of likely N-dealkylation sites (N-methyl/N-ethyl adjacent to an activating group) is 1. The lowest BCUT2D eigenvalue weighted by Gasteiger charge is -2.17. The Labute approximate surface area is 160 Å². The molecule has 0 fully saturated rings. The molecule has 26 heavy (non-hydrogen) atoms. The van der Waals surface area contributed by atoms with E-state index in [-0.39, 0.29) is 18.4 Å². The number of hydrogen-bond acceptors (Lipinski definition) is 3. The molecule has 138 valence electrons. The molecule has 5 heteroatoms. The lowest BCUT2D eigenvalue weighted by molar-refractivity contribution is -0.133. The van der Waals surface area contributed by atoms with Gasteiger partial charge < -0.3 is 10.2 Å². The average Bonchev–Trinajstić information content (AvgIpc) is 2.63. The maximum atomic E-state index is 12.2. The quantitative estimate of drug-likeness (QED) is 0.711. The fourth-order valence-electron chi connectivity index (χ4n) is 2.63. The first-order valence-electron chi connectivity index (χ1n) is 8.72. The Balaban J connectivity index is 1.77. The van der Waals surface area contributed by atoms with Crippen LogP contribution in [0.3, 0.4) is 0 Å². The second-order valence-corrected chi connectivity index (χ2v) is 7.19. The number of thioether (sulfide) groups is 1. The molecule has 2 rings (SSSR count). The Morgan fingerprint density at radius 2 is 1.77 bits per heavy atom. The molecule has 0 saturated carbocycles. The van der Waals surface area contributed by atoms with E-state index < -0.39 is 0 Å². The molecule has 0 aliphatic rings. The van der Waals surface area contributed by atoms with Gasteiger partial charge in [-0.15, -0.1) is 11.8 Å². The number of carbonyl (C=O) groups is 2. The molecule has 0 radical (unpaired) electrons. The van der Waals surface area contributed by atoms with E-state index in [1.807, 2.05) is 30.5 Å². The van der Waals surface area contributed by atoms with E-state index >= 15 is 0 Å². The van der Waals surface area contributed by atoms with Gasteiger partial charge >= 0.3 is 0 Å². The van der Waals surface area contributed by atoms with E-state index in [0.29, 0.717) is 6.42 Å². The molecular weight excluding hydrogens is 344 g/mol.